The lowest BCUT2D eigenvalue weighted by Gasteiger charge is -2.12. The van der Waals surface area contributed by atoms with Crippen molar-refractivity contribution in [3.8, 4) is 45.3 Å². The van der Waals surface area contributed by atoms with Crippen LogP contribution in [0.15, 0.2) is 54.6 Å². The minimum Gasteiger partial charge on any atom is -0.508 e. The zero-order chi connectivity index (χ0) is 21.0. The number of benzene rings is 3. The second kappa shape index (κ2) is 8.56. The van der Waals surface area contributed by atoms with Crippen molar-refractivity contribution in [1.29, 1.82) is 0 Å². The van der Waals surface area contributed by atoms with E-state index in [1.807, 2.05) is 6.92 Å². The summed E-state index contributed by atoms with van der Waals surface area (Å²) in [7, 11) is 0. The van der Waals surface area contributed by atoms with Gasteiger partial charge in [-0.2, -0.15) is 0 Å². The zero-order valence-corrected chi connectivity index (χ0v) is 15.9. The first kappa shape index (κ1) is 20.1. The third-order valence-corrected chi connectivity index (χ3v) is 4.37. The number of ether oxygens (including phenoxy) is 1. The van der Waals surface area contributed by atoms with E-state index < -0.39 is 5.97 Å². The van der Waals surface area contributed by atoms with Crippen LogP contribution in [0.1, 0.15) is 30.1 Å². The molecule has 150 valence electrons. The lowest BCUT2D eigenvalue weighted by atomic mass is 9.95. The number of hydrogen-bond acceptors (Lipinski definition) is 6. The SMILES string of the molecule is CCCCOC(=O)c1cc(-c2cc(O)cc(O)c2)cc(-c2cc(O)cc(O)c2)c1. The molecule has 0 bridgehead atoms. The second-order valence-electron chi connectivity index (χ2n) is 6.76. The summed E-state index contributed by atoms with van der Waals surface area (Å²) < 4.78 is 5.31. The van der Waals surface area contributed by atoms with Gasteiger partial charge in [-0.3, -0.25) is 0 Å². The predicted octanol–water partition coefficient (Wildman–Crippen LogP) is 4.80. The molecule has 0 aliphatic heterocycles. The van der Waals surface area contributed by atoms with Gasteiger partial charge in [-0.05, 0) is 71.1 Å². The molecule has 0 aliphatic carbocycles. The Balaban J connectivity index is 2.12. The zero-order valence-electron chi connectivity index (χ0n) is 15.9. The molecule has 0 saturated heterocycles. The van der Waals surface area contributed by atoms with Crippen LogP contribution >= 0.6 is 0 Å². The van der Waals surface area contributed by atoms with Gasteiger partial charge < -0.3 is 25.2 Å². The van der Waals surface area contributed by atoms with Crippen LogP contribution in [0, 0.1) is 0 Å². The molecule has 4 N–H and O–H groups in total. The Labute approximate surface area is 168 Å². The Morgan fingerprint density at radius 1 is 0.690 bits per heavy atom. The van der Waals surface area contributed by atoms with Crippen LogP contribution < -0.4 is 0 Å². The van der Waals surface area contributed by atoms with E-state index in [0.717, 1.165) is 12.8 Å². The molecule has 6 nitrogen and oxygen atoms in total. The van der Waals surface area contributed by atoms with Crippen molar-refractivity contribution in [3.05, 3.63) is 60.2 Å². The molecule has 0 saturated carbocycles. The van der Waals surface area contributed by atoms with Gasteiger partial charge >= 0.3 is 5.97 Å². The third kappa shape index (κ3) is 4.99. The highest BCUT2D eigenvalue weighted by Crippen LogP contribution is 2.35. The largest absolute Gasteiger partial charge is 0.508 e. The monoisotopic (exact) mass is 394 g/mol. The van der Waals surface area contributed by atoms with E-state index in [1.54, 1.807) is 18.2 Å². The molecule has 0 unspecified atom stereocenters. The van der Waals surface area contributed by atoms with E-state index in [1.165, 1.54) is 36.4 Å². The van der Waals surface area contributed by atoms with E-state index in [-0.39, 0.29) is 28.6 Å². The Morgan fingerprint density at radius 3 is 1.52 bits per heavy atom. The Hall–Kier alpha value is -3.67. The third-order valence-electron chi connectivity index (χ3n) is 4.37. The first-order valence-electron chi connectivity index (χ1n) is 9.24. The summed E-state index contributed by atoms with van der Waals surface area (Å²) in [5.74, 6) is -0.977. The van der Waals surface area contributed by atoms with E-state index >= 15 is 0 Å². The average molecular weight is 394 g/mol. The molecule has 6 heteroatoms. The lowest BCUT2D eigenvalue weighted by Crippen LogP contribution is -2.06. The number of phenolic OH excluding ortho intramolecular Hbond substituents is 4. The summed E-state index contributed by atoms with van der Waals surface area (Å²) in [4.78, 5) is 12.5. The van der Waals surface area contributed by atoms with Crippen molar-refractivity contribution in [3.63, 3.8) is 0 Å². The molecule has 0 aliphatic rings. The molecule has 0 fully saturated rings. The highest BCUT2D eigenvalue weighted by atomic mass is 16.5. The Bertz CT molecular complexity index is 931. The molecule has 0 atom stereocenters. The smallest absolute Gasteiger partial charge is 0.338 e. The van der Waals surface area contributed by atoms with E-state index in [9.17, 15) is 25.2 Å². The molecule has 0 aromatic heterocycles. The molecule has 29 heavy (non-hydrogen) atoms. The van der Waals surface area contributed by atoms with Crippen LogP contribution in [0.4, 0.5) is 0 Å². The second-order valence-corrected chi connectivity index (χ2v) is 6.76. The van der Waals surface area contributed by atoms with Crippen LogP contribution in [0.3, 0.4) is 0 Å². The van der Waals surface area contributed by atoms with E-state index in [0.29, 0.717) is 28.9 Å². The highest BCUT2D eigenvalue weighted by Gasteiger charge is 2.14. The summed E-state index contributed by atoms with van der Waals surface area (Å²) in [6.07, 6.45) is 1.64. The van der Waals surface area contributed by atoms with E-state index in [4.69, 9.17) is 4.74 Å². The Morgan fingerprint density at radius 2 is 1.10 bits per heavy atom. The summed E-state index contributed by atoms with van der Waals surface area (Å²) in [5.41, 5.74) is 2.38. The standard InChI is InChI=1S/C23H22O6/c1-2-3-4-29-23(28)18-6-14(16-8-19(24)12-20(25)9-16)5-15(7-18)17-10-21(26)13-22(27)11-17/h5-13,24-27H,2-4H2,1H3. The van der Waals surface area contributed by atoms with Crippen LogP contribution in [-0.2, 0) is 4.74 Å². The van der Waals surface area contributed by atoms with Crippen LogP contribution in [0.5, 0.6) is 23.0 Å². The van der Waals surface area contributed by atoms with Crippen molar-refractivity contribution in [1.82, 2.24) is 0 Å². The molecule has 0 radical (unpaired) electrons. The molecule has 3 aromatic rings. The minimum atomic E-state index is -0.504. The van der Waals surface area contributed by atoms with Gasteiger partial charge in [0.15, 0.2) is 0 Å². The van der Waals surface area contributed by atoms with Crippen LogP contribution in [0.2, 0.25) is 0 Å². The molecule has 0 spiro atoms. The maximum atomic E-state index is 12.5. The maximum absolute atomic E-state index is 12.5. The number of phenols is 4. The fraction of sp³-hybridized carbons (Fsp3) is 0.174. The van der Waals surface area contributed by atoms with Gasteiger partial charge in [0.05, 0.1) is 12.2 Å². The van der Waals surface area contributed by atoms with Crippen molar-refractivity contribution in [2.75, 3.05) is 6.61 Å². The van der Waals surface area contributed by atoms with Crippen molar-refractivity contribution < 1.29 is 30.0 Å². The normalized spacial score (nSPS) is 10.7. The number of unbranched alkanes of at least 4 members (excludes halogenated alkanes) is 1. The fourth-order valence-corrected chi connectivity index (χ4v) is 2.99. The number of hydrogen-bond donors (Lipinski definition) is 4. The molecule has 0 amide bonds. The number of esters is 1. The molecular weight excluding hydrogens is 372 g/mol. The van der Waals surface area contributed by atoms with Crippen molar-refractivity contribution in [2.24, 2.45) is 0 Å². The minimum absolute atomic E-state index is 0.118. The molecule has 0 heterocycles. The molecular formula is C23H22O6. The topological polar surface area (TPSA) is 107 Å². The van der Waals surface area contributed by atoms with Gasteiger partial charge in [0, 0.05) is 12.1 Å². The maximum Gasteiger partial charge on any atom is 0.338 e. The van der Waals surface area contributed by atoms with Crippen molar-refractivity contribution >= 4 is 5.97 Å². The van der Waals surface area contributed by atoms with Gasteiger partial charge in [0.1, 0.15) is 23.0 Å². The first-order chi connectivity index (χ1) is 13.9. The van der Waals surface area contributed by atoms with E-state index in [2.05, 4.69) is 0 Å². The summed E-state index contributed by atoms with van der Waals surface area (Å²) in [5, 5.41) is 39.3. The van der Waals surface area contributed by atoms with Crippen molar-refractivity contribution in [2.45, 2.75) is 19.8 Å². The highest BCUT2D eigenvalue weighted by molar-refractivity contribution is 5.93. The van der Waals surface area contributed by atoms with Crippen LogP contribution in [0.25, 0.3) is 22.3 Å². The lowest BCUT2D eigenvalue weighted by molar-refractivity contribution is 0.0500. The predicted molar refractivity (Wildman–Crippen MR) is 109 cm³/mol. The van der Waals surface area contributed by atoms with Gasteiger partial charge in [-0.25, -0.2) is 4.79 Å². The Kier molecular flexibility index (Phi) is 5.93. The van der Waals surface area contributed by atoms with Crippen LogP contribution in [-0.4, -0.2) is 33.0 Å². The number of carbonyl (C=O) groups excluding carboxylic acids is 1. The fourth-order valence-electron chi connectivity index (χ4n) is 2.99. The quantitative estimate of drug-likeness (QED) is 0.353. The molecule has 3 rings (SSSR count). The van der Waals surface area contributed by atoms with Gasteiger partial charge in [-0.15, -0.1) is 0 Å². The number of aromatic hydroxyl groups is 4. The summed E-state index contributed by atoms with van der Waals surface area (Å²) in [6.45, 7) is 2.30. The van der Waals surface area contributed by atoms with Gasteiger partial charge in [0.2, 0.25) is 0 Å². The first-order valence-corrected chi connectivity index (χ1v) is 9.24. The summed E-state index contributed by atoms with van der Waals surface area (Å²) in [6, 6.07) is 13.2. The average Bonchev–Trinajstić information content (AvgIpc) is 2.66. The van der Waals surface area contributed by atoms with Gasteiger partial charge in [-0.1, -0.05) is 13.3 Å². The molecule has 3 aromatic carbocycles. The van der Waals surface area contributed by atoms with Gasteiger partial charge in [0.25, 0.3) is 0 Å². The number of carbonyl (C=O) groups is 1. The summed E-state index contributed by atoms with van der Waals surface area (Å²) >= 11 is 0. The number of rotatable bonds is 6.